The Labute approximate surface area is 172 Å². The second-order valence-electron chi connectivity index (χ2n) is 9.09. The molecule has 1 radical (unpaired) electrons. The number of benzene rings is 1. The summed E-state index contributed by atoms with van der Waals surface area (Å²) in [5.74, 6) is 1.48. The van der Waals surface area contributed by atoms with Gasteiger partial charge >= 0.3 is 0 Å². The summed E-state index contributed by atoms with van der Waals surface area (Å²) in [4.78, 5) is 9.78. The van der Waals surface area contributed by atoms with E-state index in [2.05, 4.69) is 61.7 Å². The number of nitrogens with zero attached hydrogens (tertiary/aromatic N) is 3. The quantitative estimate of drug-likeness (QED) is 0.280. The Morgan fingerprint density at radius 3 is 2.70 bits per heavy atom. The van der Waals surface area contributed by atoms with Gasteiger partial charge in [-0.3, -0.25) is 4.98 Å². The molecular formula is C23H22IrN3-. The molecule has 2 bridgehead atoms. The molecule has 0 amide bonds. The topological polar surface area (TPSA) is 30.2 Å². The summed E-state index contributed by atoms with van der Waals surface area (Å²) < 4.78 is 2.17. The minimum Gasteiger partial charge on any atom is -0.339 e. The summed E-state index contributed by atoms with van der Waals surface area (Å²) in [6.45, 7) is 6.58. The molecule has 3 heterocycles. The molecule has 0 saturated heterocycles. The van der Waals surface area contributed by atoms with E-state index in [0.29, 0.717) is 0 Å². The molecule has 1 saturated carbocycles. The molecule has 2 aliphatic rings. The largest absolute Gasteiger partial charge is 0.339 e. The van der Waals surface area contributed by atoms with Crippen LogP contribution in [0.4, 0.5) is 0 Å². The van der Waals surface area contributed by atoms with Crippen molar-refractivity contribution in [3.63, 3.8) is 0 Å². The maximum Gasteiger partial charge on any atom is 0.168 e. The average Bonchev–Trinajstić information content (AvgIpc) is 3.31. The SMILES string of the molecule is CC(C)(C)c1ccc2c(n1)nc1c3[c-]c4c(cc3ccn21)C1CCC4C1.[Ir]. The molecule has 0 spiro atoms. The Morgan fingerprint density at radius 1 is 1.07 bits per heavy atom. The van der Waals surface area contributed by atoms with Gasteiger partial charge in [0.25, 0.3) is 0 Å². The van der Waals surface area contributed by atoms with Gasteiger partial charge in [0.1, 0.15) is 0 Å². The molecule has 2 unspecified atom stereocenters. The fourth-order valence-electron chi connectivity index (χ4n) is 4.99. The summed E-state index contributed by atoms with van der Waals surface area (Å²) in [7, 11) is 0. The first-order chi connectivity index (χ1) is 12.5. The first kappa shape index (κ1) is 17.3. The van der Waals surface area contributed by atoms with Crippen LogP contribution in [0.25, 0.3) is 27.6 Å². The average molecular weight is 533 g/mol. The van der Waals surface area contributed by atoms with Crippen LogP contribution in [0, 0.1) is 6.07 Å². The van der Waals surface area contributed by atoms with Crippen LogP contribution in [0.5, 0.6) is 0 Å². The molecule has 3 nitrogen and oxygen atoms in total. The van der Waals surface area contributed by atoms with E-state index in [1.807, 2.05) is 0 Å². The minimum absolute atomic E-state index is 0. The van der Waals surface area contributed by atoms with Crippen LogP contribution >= 0.6 is 0 Å². The fourth-order valence-corrected chi connectivity index (χ4v) is 4.99. The van der Waals surface area contributed by atoms with Crippen molar-refractivity contribution >= 4 is 27.6 Å². The second kappa shape index (κ2) is 5.62. The van der Waals surface area contributed by atoms with Gasteiger partial charge in [-0.1, -0.05) is 33.3 Å². The fraction of sp³-hybridized carbons (Fsp3) is 0.391. The van der Waals surface area contributed by atoms with Gasteiger partial charge in [-0.15, -0.1) is 34.0 Å². The van der Waals surface area contributed by atoms with Gasteiger partial charge in [0.15, 0.2) is 5.65 Å². The number of imidazole rings is 1. The van der Waals surface area contributed by atoms with Gasteiger partial charge in [-0.2, -0.15) is 0 Å². The summed E-state index contributed by atoms with van der Waals surface area (Å²) in [5.41, 5.74) is 7.00. The Balaban J connectivity index is 0.00000160. The number of fused-ring (bicyclic) bond motifs is 10. The van der Waals surface area contributed by atoms with E-state index in [-0.39, 0.29) is 25.5 Å². The van der Waals surface area contributed by atoms with Crippen LogP contribution < -0.4 is 0 Å². The third-order valence-electron chi connectivity index (χ3n) is 6.40. The molecule has 4 heteroatoms. The normalized spacial score (nSPS) is 21.1. The maximum absolute atomic E-state index is 4.93. The molecule has 4 aromatic rings. The van der Waals surface area contributed by atoms with E-state index >= 15 is 0 Å². The van der Waals surface area contributed by atoms with Crippen molar-refractivity contribution in [2.75, 3.05) is 0 Å². The zero-order valence-electron chi connectivity index (χ0n) is 15.8. The van der Waals surface area contributed by atoms with Crippen molar-refractivity contribution in [2.45, 2.75) is 57.3 Å². The summed E-state index contributed by atoms with van der Waals surface area (Å²) in [6.07, 6.45) is 6.14. The number of aromatic nitrogens is 3. The molecule has 3 aromatic heterocycles. The van der Waals surface area contributed by atoms with E-state index < -0.39 is 0 Å². The minimum atomic E-state index is 0. The van der Waals surface area contributed by atoms with E-state index in [0.717, 1.165) is 39.7 Å². The Bertz CT molecular complexity index is 1220. The first-order valence-corrected chi connectivity index (χ1v) is 9.67. The zero-order chi connectivity index (χ0) is 17.6. The van der Waals surface area contributed by atoms with E-state index in [4.69, 9.17) is 9.97 Å². The molecule has 2 aliphatic carbocycles. The monoisotopic (exact) mass is 533 g/mol. The zero-order valence-corrected chi connectivity index (χ0v) is 18.2. The molecule has 0 aliphatic heterocycles. The van der Waals surface area contributed by atoms with Crippen molar-refractivity contribution in [2.24, 2.45) is 0 Å². The van der Waals surface area contributed by atoms with Crippen molar-refractivity contribution in [1.29, 1.82) is 0 Å². The first-order valence-electron chi connectivity index (χ1n) is 9.67. The Kier molecular flexibility index (Phi) is 3.61. The molecule has 1 aromatic carbocycles. The predicted octanol–water partition coefficient (Wildman–Crippen LogP) is 5.50. The van der Waals surface area contributed by atoms with Crippen LogP contribution in [0.2, 0.25) is 0 Å². The number of pyridine rings is 2. The van der Waals surface area contributed by atoms with Crippen LogP contribution in [0.15, 0.2) is 30.5 Å². The molecule has 1 fully saturated rings. The number of hydrogen-bond donors (Lipinski definition) is 0. The third-order valence-corrected chi connectivity index (χ3v) is 6.40. The standard InChI is InChI=1S/C23H22N3.Ir/c1-23(2,3)20-7-6-19-21(24-20)25-22-18-12-17-14-5-4-13(10-14)16(17)11-15(18)8-9-26(19)22;/h6-9,11,13-14H,4-5,10H2,1-3H3;/q-1;. The third kappa shape index (κ3) is 2.36. The maximum atomic E-state index is 4.93. The van der Waals surface area contributed by atoms with E-state index in [9.17, 15) is 0 Å². The van der Waals surface area contributed by atoms with Gasteiger partial charge in [-0.05, 0) is 43.0 Å². The van der Waals surface area contributed by atoms with E-state index in [1.165, 1.54) is 30.2 Å². The van der Waals surface area contributed by atoms with Crippen molar-refractivity contribution in [1.82, 2.24) is 14.4 Å². The molecular weight excluding hydrogens is 510 g/mol. The molecule has 139 valence electrons. The van der Waals surface area contributed by atoms with Crippen molar-refractivity contribution < 1.29 is 20.1 Å². The van der Waals surface area contributed by atoms with Gasteiger partial charge < -0.3 is 4.40 Å². The Hall–Kier alpha value is -1.77. The number of hydrogen-bond acceptors (Lipinski definition) is 2. The second-order valence-corrected chi connectivity index (χ2v) is 9.09. The van der Waals surface area contributed by atoms with Crippen LogP contribution in [-0.2, 0) is 25.5 Å². The van der Waals surface area contributed by atoms with Crippen LogP contribution in [-0.4, -0.2) is 14.4 Å². The van der Waals surface area contributed by atoms with Gasteiger partial charge in [0.05, 0.1) is 11.2 Å². The Morgan fingerprint density at radius 2 is 1.89 bits per heavy atom. The number of rotatable bonds is 0. The molecule has 6 rings (SSSR count). The van der Waals surface area contributed by atoms with Gasteiger partial charge in [0, 0.05) is 31.2 Å². The van der Waals surface area contributed by atoms with Gasteiger partial charge in [0.2, 0.25) is 0 Å². The van der Waals surface area contributed by atoms with Crippen LogP contribution in [0.3, 0.4) is 0 Å². The van der Waals surface area contributed by atoms with Gasteiger partial charge in [-0.25, -0.2) is 4.98 Å². The van der Waals surface area contributed by atoms with Crippen molar-refractivity contribution in [3.8, 4) is 0 Å². The summed E-state index contributed by atoms with van der Waals surface area (Å²) >= 11 is 0. The van der Waals surface area contributed by atoms with Crippen molar-refractivity contribution in [3.05, 3.63) is 53.3 Å². The summed E-state index contributed by atoms with van der Waals surface area (Å²) in [5, 5.41) is 2.41. The van der Waals surface area contributed by atoms with E-state index in [1.54, 1.807) is 5.56 Å². The molecule has 27 heavy (non-hydrogen) atoms. The molecule has 2 atom stereocenters. The smallest absolute Gasteiger partial charge is 0.168 e. The molecule has 0 N–H and O–H groups in total. The summed E-state index contributed by atoms with van der Waals surface area (Å²) in [6, 6.07) is 12.7. The predicted molar refractivity (Wildman–Crippen MR) is 105 cm³/mol. The van der Waals surface area contributed by atoms with Crippen LogP contribution in [0.1, 0.15) is 68.7 Å².